The van der Waals surface area contributed by atoms with Gasteiger partial charge in [-0.15, -0.1) is 0 Å². The molecule has 0 aromatic heterocycles. The van der Waals surface area contributed by atoms with Crippen molar-refractivity contribution in [3.05, 3.63) is 52.0 Å². The van der Waals surface area contributed by atoms with Gasteiger partial charge in [0, 0.05) is 34.3 Å². The topological polar surface area (TPSA) is 30.5 Å². The number of anilines is 1. The average molecular weight is 324 g/mol. The largest absolute Gasteiger partial charge is 0.490 e. The number of para-hydroxylation sites is 1. The highest BCUT2D eigenvalue weighted by Gasteiger charge is 2.14. The predicted octanol–water partition coefficient (Wildman–Crippen LogP) is 4.77. The zero-order chi connectivity index (χ0) is 14.7. The number of hydrogen-bond acceptors (Lipinski definition) is 3. The number of ether oxygens (including phenoxy) is 2. The molecule has 5 heteroatoms. The molecule has 0 aliphatic carbocycles. The summed E-state index contributed by atoms with van der Waals surface area (Å²) >= 11 is 12.0. The van der Waals surface area contributed by atoms with Crippen LogP contribution in [0.25, 0.3) is 0 Å². The molecule has 2 aromatic carbocycles. The Morgan fingerprint density at radius 2 is 1.76 bits per heavy atom. The van der Waals surface area contributed by atoms with Gasteiger partial charge in [-0.2, -0.15) is 0 Å². The second-order valence-electron chi connectivity index (χ2n) is 4.81. The van der Waals surface area contributed by atoms with Crippen LogP contribution in [0.1, 0.15) is 12.0 Å². The molecule has 0 saturated heterocycles. The van der Waals surface area contributed by atoms with Crippen molar-refractivity contribution in [2.24, 2.45) is 0 Å². The van der Waals surface area contributed by atoms with Crippen LogP contribution >= 0.6 is 23.2 Å². The summed E-state index contributed by atoms with van der Waals surface area (Å²) in [4.78, 5) is 0. The van der Waals surface area contributed by atoms with Crippen LogP contribution in [-0.4, -0.2) is 13.2 Å². The fraction of sp³-hybridized carbons (Fsp3) is 0.250. The first-order valence-corrected chi connectivity index (χ1v) is 7.55. The highest BCUT2D eigenvalue weighted by molar-refractivity contribution is 6.35. The van der Waals surface area contributed by atoms with Crippen LogP contribution < -0.4 is 14.8 Å². The lowest BCUT2D eigenvalue weighted by molar-refractivity contribution is 0.296. The predicted molar refractivity (Wildman–Crippen MR) is 85.8 cm³/mol. The molecule has 0 fully saturated rings. The van der Waals surface area contributed by atoms with E-state index in [4.69, 9.17) is 32.7 Å². The Labute approximate surface area is 133 Å². The van der Waals surface area contributed by atoms with Gasteiger partial charge in [-0.1, -0.05) is 35.3 Å². The summed E-state index contributed by atoms with van der Waals surface area (Å²) in [5.41, 5.74) is 1.92. The molecule has 2 aromatic rings. The number of rotatable bonds is 3. The monoisotopic (exact) mass is 323 g/mol. The van der Waals surface area contributed by atoms with Crippen LogP contribution in [0, 0.1) is 0 Å². The first-order valence-electron chi connectivity index (χ1n) is 6.80. The minimum Gasteiger partial charge on any atom is -0.490 e. The van der Waals surface area contributed by atoms with Gasteiger partial charge in [-0.3, -0.25) is 0 Å². The van der Waals surface area contributed by atoms with Gasteiger partial charge < -0.3 is 14.8 Å². The molecule has 1 aliphatic heterocycles. The summed E-state index contributed by atoms with van der Waals surface area (Å²) < 4.78 is 11.5. The molecule has 0 amide bonds. The lowest BCUT2D eigenvalue weighted by Gasteiger charge is -2.14. The molecule has 21 heavy (non-hydrogen) atoms. The van der Waals surface area contributed by atoms with E-state index in [9.17, 15) is 0 Å². The summed E-state index contributed by atoms with van der Waals surface area (Å²) in [5.74, 6) is 1.62. The Morgan fingerprint density at radius 3 is 2.57 bits per heavy atom. The van der Waals surface area contributed by atoms with Crippen molar-refractivity contribution in [1.82, 2.24) is 0 Å². The van der Waals surface area contributed by atoms with Crippen molar-refractivity contribution in [2.75, 3.05) is 18.5 Å². The summed E-state index contributed by atoms with van der Waals surface area (Å²) in [7, 11) is 0. The van der Waals surface area contributed by atoms with E-state index in [0.717, 1.165) is 29.2 Å². The van der Waals surface area contributed by atoms with Gasteiger partial charge in [0.1, 0.15) is 0 Å². The lowest BCUT2D eigenvalue weighted by atomic mass is 10.1. The average Bonchev–Trinajstić information content (AvgIpc) is 2.69. The number of halogens is 2. The molecule has 0 unspecified atom stereocenters. The van der Waals surface area contributed by atoms with Gasteiger partial charge in [0.2, 0.25) is 0 Å². The molecule has 0 spiro atoms. The van der Waals surface area contributed by atoms with Crippen molar-refractivity contribution >= 4 is 28.9 Å². The Bertz CT molecular complexity index is 626. The van der Waals surface area contributed by atoms with Crippen molar-refractivity contribution < 1.29 is 9.47 Å². The SMILES string of the molecule is Clc1cc(Cl)cc(NCc2cccc3c2OCCCO3)c1. The van der Waals surface area contributed by atoms with Crippen molar-refractivity contribution in [1.29, 1.82) is 0 Å². The molecule has 3 nitrogen and oxygen atoms in total. The Morgan fingerprint density at radius 1 is 1.00 bits per heavy atom. The van der Waals surface area contributed by atoms with E-state index in [1.165, 1.54) is 0 Å². The molecular formula is C16H15Cl2NO2. The molecule has 3 rings (SSSR count). The molecule has 0 saturated carbocycles. The highest BCUT2D eigenvalue weighted by Crippen LogP contribution is 2.34. The Hall–Kier alpha value is -1.58. The maximum Gasteiger partial charge on any atom is 0.166 e. The standard InChI is InChI=1S/C16H15Cl2NO2/c17-12-7-13(18)9-14(8-12)19-10-11-3-1-4-15-16(11)21-6-2-5-20-15/h1,3-4,7-9,19H,2,5-6,10H2. The lowest BCUT2D eigenvalue weighted by Crippen LogP contribution is -2.03. The molecule has 110 valence electrons. The zero-order valence-corrected chi connectivity index (χ0v) is 12.9. The van der Waals surface area contributed by atoms with Crippen LogP contribution in [0.15, 0.2) is 36.4 Å². The van der Waals surface area contributed by atoms with Crippen molar-refractivity contribution in [3.63, 3.8) is 0 Å². The van der Waals surface area contributed by atoms with Crippen LogP contribution in [-0.2, 0) is 6.54 Å². The van der Waals surface area contributed by atoms with Crippen LogP contribution in [0.2, 0.25) is 10.0 Å². The summed E-state index contributed by atoms with van der Waals surface area (Å²) in [6.45, 7) is 1.98. The number of benzene rings is 2. The van der Waals surface area contributed by atoms with Gasteiger partial charge in [-0.25, -0.2) is 0 Å². The van der Waals surface area contributed by atoms with Crippen molar-refractivity contribution in [3.8, 4) is 11.5 Å². The third-order valence-electron chi connectivity index (χ3n) is 3.20. The minimum atomic E-state index is 0.608. The highest BCUT2D eigenvalue weighted by atomic mass is 35.5. The molecule has 1 aliphatic rings. The number of fused-ring (bicyclic) bond motifs is 1. The first-order chi connectivity index (χ1) is 10.2. The number of nitrogens with one attached hydrogen (secondary N) is 1. The molecule has 0 bridgehead atoms. The van der Waals surface area contributed by atoms with Gasteiger partial charge >= 0.3 is 0 Å². The minimum absolute atomic E-state index is 0.608. The Balaban J connectivity index is 1.79. The normalized spacial score (nSPS) is 13.6. The fourth-order valence-electron chi connectivity index (χ4n) is 2.25. The van der Waals surface area contributed by atoms with E-state index >= 15 is 0 Å². The fourth-order valence-corrected chi connectivity index (χ4v) is 2.77. The van der Waals surface area contributed by atoms with Crippen molar-refractivity contribution in [2.45, 2.75) is 13.0 Å². The molecule has 0 radical (unpaired) electrons. The van der Waals surface area contributed by atoms with Gasteiger partial charge in [0.25, 0.3) is 0 Å². The maximum absolute atomic E-state index is 6.00. The van der Waals surface area contributed by atoms with E-state index in [2.05, 4.69) is 5.32 Å². The Kier molecular flexibility index (Phi) is 4.42. The second kappa shape index (κ2) is 6.46. The smallest absolute Gasteiger partial charge is 0.166 e. The quantitative estimate of drug-likeness (QED) is 0.882. The van der Waals surface area contributed by atoms with E-state index in [1.807, 2.05) is 30.3 Å². The first kappa shape index (κ1) is 14.4. The summed E-state index contributed by atoms with van der Waals surface area (Å²) in [6.07, 6.45) is 0.894. The van der Waals surface area contributed by atoms with Gasteiger partial charge in [-0.05, 0) is 24.3 Å². The summed E-state index contributed by atoms with van der Waals surface area (Å²) in [5, 5.41) is 4.52. The van der Waals surface area contributed by atoms with Crippen LogP contribution in [0.4, 0.5) is 5.69 Å². The van der Waals surface area contributed by atoms with Gasteiger partial charge in [0.15, 0.2) is 11.5 Å². The zero-order valence-electron chi connectivity index (χ0n) is 11.4. The maximum atomic E-state index is 6.00. The molecular weight excluding hydrogens is 309 g/mol. The van der Waals surface area contributed by atoms with E-state index < -0.39 is 0 Å². The molecule has 1 N–H and O–H groups in total. The summed E-state index contributed by atoms with van der Waals surface area (Å²) in [6, 6.07) is 11.3. The van der Waals surface area contributed by atoms with Crippen LogP contribution in [0.3, 0.4) is 0 Å². The van der Waals surface area contributed by atoms with E-state index in [1.54, 1.807) is 6.07 Å². The third kappa shape index (κ3) is 3.55. The van der Waals surface area contributed by atoms with E-state index in [-0.39, 0.29) is 0 Å². The number of hydrogen-bond donors (Lipinski definition) is 1. The van der Waals surface area contributed by atoms with E-state index in [0.29, 0.717) is 29.8 Å². The van der Waals surface area contributed by atoms with Crippen LogP contribution in [0.5, 0.6) is 11.5 Å². The third-order valence-corrected chi connectivity index (χ3v) is 3.64. The van der Waals surface area contributed by atoms with Gasteiger partial charge in [0.05, 0.1) is 13.2 Å². The molecule has 1 heterocycles. The second-order valence-corrected chi connectivity index (χ2v) is 5.68. The molecule has 0 atom stereocenters.